The van der Waals surface area contributed by atoms with Crippen LogP contribution in [-0.2, 0) is 0 Å². The molecule has 4 aromatic rings. The zero-order valence-corrected chi connectivity index (χ0v) is 19.0. The van der Waals surface area contributed by atoms with Crippen LogP contribution in [0.2, 0.25) is 0 Å². The number of carbonyl (C=O) groups excluding carboxylic acids is 1. The Kier molecular flexibility index (Phi) is 4.44. The summed E-state index contributed by atoms with van der Waals surface area (Å²) in [7, 11) is 0. The summed E-state index contributed by atoms with van der Waals surface area (Å²) < 4.78 is 11.2. The fraction of sp³-hybridized carbons (Fsp3) is 0.393. The van der Waals surface area contributed by atoms with Crippen LogP contribution in [0.15, 0.2) is 63.7 Å². The Balaban J connectivity index is 1.26. The first-order valence-electron chi connectivity index (χ1n) is 12.3. The van der Waals surface area contributed by atoms with Crippen LogP contribution in [0.5, 0.6) is 0 Å². The predicted molar refractivity (Wildman–Crippen MR) is 128 cm³/mol. The molecule has 1 N–H and O–H groups in total. The molecule has 3 heterocycles. The number of furan rings is 1. The molecule has 34 heavy (non-hydrogen) atoms. The minimum atomic E-state index is -0.101. The van der Waals surface area contributed by atoms with Crippen LogP contribution in [0, 0.1) is 23.2 Å². The lowest BCUT2D eigenvalue weighted by atomic mass is 9.49. The van der Waals surface area contributed by atoms with Gasteiger partial charge >= 0.3 is 0 Å². The minimum Gasteiger partial charge on any atom is -0.463 e. The van der Waals surface area contributed by atoms with Gasteiger partial charge in [-0.3, -0.25) is 4.79 Å². The Morgan fingerprint density at radius 3 is 2.41 bits per heavy atom. The molecule has 0 aliphatic heterocycles. The van der Waals surface area contributed by atoms with E-state index < -0.39 is 0 Å². The fourth-order valence-electron chi connectivity index (χ4n) is 7.34. The molecule has 4 aliphatic carbocycles. The molecule has 4 aliphatic rings. The largest absolute Gasteiger partial charge is 0.463 e. The molecule has 4 saturated carbocycles. The molecule has 0 atom stereocenters. The van der Waals surface area contributed by atoms with E-state index in [2.05, 4.69) is 15.5 Å². The van der Waals surface area contributed by atoms with E-state index in [1.807, 2.05) is 42.5 Å². The first kappa shape index (κ1) is 20.0. The molecule has 4 bridgehead atoms. The number of rotatable bonds is 5. The van der Waals surface area contributed by atoms with Crippen molar-refractivity contribution in [3.05, 3.63) is 60.4 Å². The van der Waals surface area contributed by atoms with Gasteiger partial charge in [-0.2, -0.15) is 0 Å². The Morgan fingerprint density at radius 2 is 1.74 bits per heavy atom. The van der Waals surface area contributed by atoms with E-state index in [0.29, 0.717) is 33.8 Å². The Morgan fingerprint density at radius 1 is 1.00 bits per heavy atom. The van der Waals surface area contributed by atoms with Gasteiger partial charge in [-0.25, -0.2) is 4.98 Å². The molecule has 0 radical (unpaired) electrons. The number of nitrogens with zero attached hydrogens (tertiary/aromatic N) is 2. The highest BCUT2D eigenvalue weighted by atomic mass is 16.5. The van der Waals surface area contributed by atoms with Crippen molar-refractivity contribution in [3.8, 4) is 22.7 Å². The number of fused-ring (bicyclic) bond motifs is 1. The van der Waals surface area contributed by atoms with Crippen LogP contribution in [0.1, 0.15) is 48.9 Å². The second kappa shape index (κ2) is 7.55. The summed E-state index contributed by atoms with van der Waals surface area (Å²) in [6.07, 6.45) is 9.55. The summed E-state index contributed by atoms with van der Waals surface area (Å²) in [4.78, 5) is 18.3. The maximum atomic E-state index is 13.7. The summed E-state index contributed by atoms with van der Waals surface area (Å²) in [6, 6.07) is 15.2. The third kappa shape index (κ3) is 3.27. The van der Waals surface area contributed by atoms with Crippen molar-refractivity contribution in [2.24, 2.45) is 23.2 Å². The average Bonchev–Trinajstić information content (AvgIpc) is 3.52. The van der Waals surface area contributed by atoms with E-state index in [-0.39, 0.29) is 11.3 Å². The smallest absolute Gasteiger partial charge is 0.259 e. The lowest BCUT2D eigenvalue weighted by molar-refractivity contribution is -0.0503. The van der Waals surface area contributed by atoms with Crippen molar-refractivity contribution in [2.75, 3.05) is 6.54 Å². The first-order valence-corrected chi connectivity index (χ1v) is 12.3. The van der Waals surface area contributed by atoms with Gasteiger partial charge in [0, 0.05) is 12.1 Å². The zero-order valence-electron chi connectivity index (χ0n) is 19.0. The van der Waals surface area contributed by atoms with Crippen molar-refractivity contribution >= 4 is 17.0 Å². The highest BCUT2D eigenvalue weighted by molar-refractivity contribution is 6.10. The Hall–Kier alpha value is -3.41. The van der Waals surface area contributed by atoms with Crippen molar-refractivity contribution in [3.63, 3.8) is 0 Å². The summed E-state index contributed by atoms with van der Waals surface area (Å²) in [5.74, 6) is 3.04. The van der Waals surface area contributed by atoms with E-state index in [9.17, 15) is 4.79 Å². The van der Waals surface area contributed by atoms with Crippen molar-refractivity contribution < 1.29 is 13.7 Å². The van der Waals surface area contributed by atoms with Gasteiger partial charge in [-0.1, -0.05) is 35.5 Å². The van der Waals surface area contributed by atoms with E-state index in [4.69, 9.17) is 8.94 Å². The number of hydrogen-bond acceptors (Lipinski definition) is 5. The lowest BCUT2D eigenvalue weighted by Crippen LogP contribution is -2.51. The van der Waals surface area contributed by atoms with Gasteiger partial charge in [0.1, 0.15) is 11.4 Å². The number of aromatic nitrogens is 2. The molecular weight excluding hydrogens is 426 g/mol. The first-order chi connectivity index (χ1) is 16.7. The topological polar surface area (TPSA) is 81.2 Å². The maximum Gasteiger partial charge on any atom is 0.259 e. The van der Waals surface area contributed by atoms with E-state index in [1.54, 1.807) is 12.3 Å². The van der Waals surface area contributed by atoms with Gasteiger partial charge in [0.25, 0.3) is 11.6 Å². The number of hydrogen-bond donors (Lipinski definition) is 1. The number of carbonyl (C=O) groups is 1. The Labute approximate surface area is 197 Å². The summed E-state index contributed by atoms with van der Waals surface area (Å²) in [6.45, 7) is 0.737. The number of amides is 1. The van der Waals surface area contributed by atoms with Gasteiger partial charge in [0.2, 0.25) is 0 Å². The highest BCUT2D eigenvalue weighted by Crippen LogP contribution is 2.59. The standard InChI is InChI=1S/C28H27N3O3/c32-26(29-16-28-13-17-9-18(14-28)11-19(10-17)15-28)21-12-22(23-7-4-8-33-23)30-27-24(21)25(31-34-27)20-5-2-1-3-6-20/h1-8,12,17-19H,9-11,13-16H2,(H,29,32). The molecule has 3 aromatic heterocycles. The number of pyridine rings is 1. The van der Waals surface area contributed by atoms with Gasteiger partial charge < -0.3 is 14.3 Å². The van der Waals surface area contributed by atoms with Crippen molar-refractivity contribution in [1.29, 1.82) is 0 Å². The molecule has 1 amide bonds. The average molecular weight is 454 g/mol. The SMILES string of the molecule is O=C(NCC12CC3CC(CC(C3)C1)C2)c1cc(-c2ccco2)nc2onc(-c3ccccc3)c12. The van der Waals surface area contributed by atoms with Crippen LogP contribution in [0.4, 0.5) is 0 Å². The second-order valence-corrected chi connectivity index (χ2v) is 10.7. The van der Waals surface area contributed by atoms with Crippen LogP contribution in [0.25, 0.3) is 33.8 Å². The van der Waals surface area contributed by atoms with Crippen LogP contribution in [0.3, 0.4) is 0 Å². The van der Waals surface area contributed by atoms with Crippen molar-refractivity contribution in [2.45, 2.75) is 38.5 Å². The van der Waals surface area contributed by atoms with Gasteiger partial charge in [0.05, 0.1) is 17.2 Å². The van der Waals surface area contributed by atoms with E-state index in [0.717, 1.165) is 29.9 Å². The molecule has 0 unspecified atom stereocenters. The molecule has 0 saturated heterocycles. The van der Waals surface area contributed by atoms with E-state index in [1.165, 1.54) is 38.5 Å². The Bertz CT molecular complexity index is 1320. The third-order valence-corrected chi connectivity index (χ3v) is 8.30. The fourth-order valence-corrected chi connectivity index (χ4v) is 7.34. The molecule has 0 spiro atoms. The van der Waals surface area contributed by atoms with Gasteiger partial charge in [0.15, 0.2) is 5.76 Å². The van der Waals surface area contributed by atoms with Gasteiger partial charge in [-0.05, 0) is 79.9 Å². The van der Waals surface area contributed by atoms with Crippen LogP contribution in [-0.4, -0.2) is 22.6 Å². The highest BCUT2D eigenvalue weighted by Gasteiger charge is 2.50. The van der Waals surface area contributed by atoms with Gasteiger partial charge in [-0.15, -0.1) is 0 Å². The summed E-state index contributed by atoms with van der Waals surface area (Å²) >= 11 is 0. The second-order valence-electron chi connectivity index (χ2n) is 10.7. The predicted octanol–water partition coefficient (Wildman–Crippen LogP) is 6.10. The molecule has 6 heteroatoms. The van der Waals surface area contributed by atoms with Crippen molar-refractivity contribution in [1.82, 2.24) is 15.5 Å². The summed E-state index contributed by atoms with van der Waals surface area (Å²) in [5, 5.41) is 8.26. The molecule has 4 fully saturated rings. The molecular formula is C28H27N3O3. The zero-order chi connectivity index (χ0) is 22.7. The normalized spacial score (nSPS) is 27.4. The lowest BCUT2D eigenvalue weighted by Gasteiger charge is -2.56. The number of nitrogens with one attached hydrogen (secondary N) is 1. The minimum absolute atomic E-state index is 0.101. The monoisotopic (exact) mass is 453 g/mol. The molecule has 1 aromatic carbocycles. The molecule has 172 valence electrons. The molecule has 6 nitrogen and oxygen atoms in total. The van der Waals surface area contributed by atoms with Crippen LogP contribution >= 0.6 is 0 Å². The summed E-state index contributed by atoms with van der Waals surface area (Å²) in [5.41, 5.74) is 3.22. The van der Waals surface area contributed by atoms with E-state index >= 15 is 0 Å². The quantitative estimate of drug-likeness (QED) is 0.395. The maximum absolute atomic E-state index is 13.7. The number of benzene rings is 1. The van der Waals surface area contributed by atoms with Crippen LogP contribution < -0.4 is 5.32 Å². The third-order valence-electron chi connectivity index (χ3n) is 8.30. The molecule has 8 rings (SSSR count).